The molecule has 2 aliphatic rings. The molecule has 4 rings (SSSR count). The van der Waals surface area contributed by atoms with E-state index in [1.807, 2.05) is 11.4 Å². The largest absolute Gasteiger partial charge is 0.449 e. The smallest absolute Gasteiger partial charge is 0.338 e. The topological polar surface area (TPSA) is 84.0 Å². The van der Waals surface area contributed by atoms with Gasteiger partial charge in [-0.3, -0.25) is 19.3 Å². The van der Waals surface area contributed by atoms with Crippen LogP contribution in [0.5, 0.6) is 0 Å². The normalized spacial score (nSPS) is 16.6. The van der Waals surface area contributed by atoms with Gasteiger partial charge in [0.1, 0.15) is 0 Å². The molecular weight excluding hydrogens is 380 g/mol. The Balaban J connectivity index is 1.45. The van der Waals surface area contributed by atoms with Gasteiger partial charge in [0, 0.05) is 25.0 Å². The van der Waals surface area contributed by atoms with Crippen LogP contribution in [0.1, 0.15) is 48.4 Å². The molecule has 0 fully saturated rings. The zero-order valence-electron chi connectivity index (χ0n) is 15.4. The molecule has 2 aromatic rings. The maximum Gasteiger partial charge on any atom is 0.338 e. The summed E-state index contributed by atoms with van der Waals surface area (Å²) in [4.78, 5) is 53.1. The molecule has 1 unspecified atom stereocenters. The average molecular weight is 398 g/mol. The number of fused-ring (bicyclic) bond motifs is 2. The third kappa shape index (κ3) is 2.99. The number of amides is 3. The Morgan fingerprint density at radius 3 is 2.68 bits per heavy atom. The van der Waals surface area contributed by atoms with E-state index in [1.54, 1.807) is 23.2 Å². The van der Waals surface area contributed by atoms with Crippen LogP contribution < -0.4 is 0 Å². The van der Waals surface area contributed by atoms with E-state index in [2.05, 4.69) is 0 Å². The number of ether oxygens (including phenoxy) is 1. The summed E-state index contributed by atoms with van der Waals surface area (Å²) < 4.78 is 5.33. The third-order valence-electron chi connectivity index (χ3n) is 5.08. The van der Waals surface area contributed by atoms with Crippen molar-refractivity contribution < 1.29 is 23.9 Å². The fourth-order valence-electron chi connectivity index (χ4n) is 3.46. The molecule has 0 spiro atoms. The lowest BCUT2D eigenvalue weighted by Crippen LogP contribution is -2.42. The summed E-state index contributed by atoms with van der Waals surface area (Å²) in [5.74, 6) is -1.82. The summed E-state index contributed by atoms with van der Waals surface area (Å²) in [7, 11) is 1.39. The van der Waals surface area contributed by atoms with Gasteiger partial charge in [-0.25, -0.2) is 4.79 Å². The first-order valence-electron chi connectivity index (χ1n) is 8.88. The Hall–Kier alpha value is -3.00. The molecule has 0 bridgehead atoms. The second-order valence-electron chi connectivity index (χ2n) is 6.86. The highest BCUT2D eigenvalue weighted by Gasteiger charge is 2.34. The minimum atomic E-state index is -0.944. The molecule has 3 heterocycles. The fraction of sp³-hybridized carbons (Fsp3) is 0.300. The van der Waals surface area contributed by atoms with Crippen molar-refractivity contribution in [2.24, 2.45) is 0 Å². The lowest BCUT2D eigenvalue weighted by atomic mass is 10.1. The molecule has 0 saturated heterocycles. The van der Waals surface area contributed by atoms with Crippen LogP contribution in [0.25, 0.3) is 0 Å². The van der Waals surface area contributed by atoms with Crippen LogP contribution in [-0.2, 0) is 22.5 Å². The number of thiophene rings is 1. The summed E-state index contributed by atoms with van der Waals surface area (Å²) in [6.45, 7) is 2.65. The van der Waals surface area contributed by atoms with Crippen molar-refractivity contribution in [3.8, 4) is 0 Å². The molecule has 0 N–H and O–H groups in total. The standard InChI is InChI=1S/C20H18N2O5S/c1-11(17(23)22-7-5-16-13(10-22)6-8-28-16)27-20(26)12-3-4-14-15(9-12)19(25)21(2)18(14)24/h3-4,6,8-9,11H,5,7,10H2,1-2H3. The van der Waals surface area contributed by atoms with Crippen LogP contribution >= 0.6 is 11.3 Å². The second kappa shape index (κ2) is 6.87. The van der Waals surface area contributed by atoms with Gasteiger partial charge in [0.05, 0.1) is 16.7 Å². The maximum atomic E-state index is 12.7. The number of benzene rings is 1. The van der Waals surface area contributed by atoms with Crippen molar-refractivity contribution in [2.45, 2.75) is 26.0 Å². The lowest BCUT2D eigenvalue weighted by Gasteiger charge is -2.29. The molecular formula is C20H18N2O5S. The first-order valence-corrected chi connectivity index (χ1v) is 9.76. The van der Waals surface area contributed by atoms with Gasteiger partial charge < -0.3 is 9.64 Å². The van der Waals surface area contributed by atoms with E-state index in [9.17, 15) is 19.2 Å². The Labute approximate surface area is 165 Å². The van der Waals surface area contributed by atoms with Gasteiger partial charge in [0.2, 0.25) is 0 Å². The molecule has 0 radical (unpaired) electrons. The van der Waals surface area contributed by atoms with Crippen LogP contribution in [0.3, 0.4) is 0 Å². The monoisotopic (exact) mass is 398 g/mol. The van der Waals surface area contributed by atoms with E-state index in [0.717, 1.165) is 16.9 Å². The van der Waals surface area contributed by atoms with Crippen molar-refractivity contribution in [1.29, 1.82) is 0 Å². The van der Waals surface area contributed by atoms with Crippen molar-refractivity contribution in [2.75, 3.05) is 13.6 Å². The van der Waals surface area contributed by atoms with Crippen molar-refractivity contribution in [1.82, 2.24) is 9.80 Å². The van der Waals surface area contributed by atoms with Gasteiger partial charge in [-0.15, -0.1) is 11.3 Å². The molecule has 1 aromatic carbocycles. The minimum absolute atomic E-state index is 0.133. The van der Waals surface area contributed by atoms with Crippen LogP contribution in [0.4, 0.5) is 0 Å². The highest BCUT2D eigenvalue weighted by Crippen LogP contribution is 2.25. The van der Waals surface area contributed by atoms with Crippen molar-refractivity contribution in [3.05, 3.63) is 56.8 Å². The minimum Gasteiger partial charge on any atom is -0.449 e. The van der Waals surface area contributed by atoms with Gasteiger partial charge in [0.25, 0.3) is 17.7 Å². The van der Waals surface area contributed by atoms with E-state index in [0.29, 0.717) is 13.1 Å². The molecule has 8 heteroatoms. The van der Waals surface area contributed by atoms with Crippen LogP contribution in [0.15, 0.2) is 29.6 Å². The number of hydrogen-bond donors (Lipinski definition) is 0. The van der Waals surface area contributed by atoms with E-state index in [-0.39, 0.29) is 22.6 Å². The zero-order valence-corrected chi connectivity index (χ0v) is 16.2. The van der Waals surface area contributed by atoms with Gasteiger partial charge in [-0.1, -0.05) is 0 Å². The summed E-state index contributed by atoms with van der Waals surface area (Å²) in [6.07, 6.45) is -0.144. The lowest BCUT2D eigenvalue weighted by molar-refractivity contribution is -0.140. The van der Waals surface area contributed by atoms with Crippen molar-refractivity contribution in [3.63, 3.8) is 0 Å². The predicted molar refractivity (Wildman–Crippen MR) is 101 cm³/mol. The number of nitrogens with zero attached hydrogens (tertiary/aromatic N) is 2. The molecule has 144 valence electrons. The number of carbonyl (C=O) groups excluding carboxylic acids is 4. The number of hydrogen-bond acceptors (Lipinski definition) is 6. The highest BCUT2D eigenvalue weighted by atomic mass is 32.1. The molecule has 0 aliphatic carbocycles. The molecule has 0 saturated carbocycles. The quantitative estimate of drug-likeness (QED) is 0.584. The van der Waals surface area contributed by atoms with E-state index < -0.39 is 23.9 Å². The molecule has 28 heavy (non-hydrogen) atoms. The fourth-order valence-corrected chi connectivity index (χ4v) is 4.35. The van der Waals surface area contributed by atoms with Gasteiger partial charge in [-0.2, -0.15) is 0 Å². The Morgan fingerprint density at radius 1 is 1.14 bits per heavy atom. The number of imide groups is 1. The highest BCUT2D eigenvalue weighted by molar-refractivity contribution is 7.10. The van der Waals surface area contributed by atoms with E-state index in [1.165, 1.54) is 30.1 Å². The van der Waals surface area contributed by atoms with Crippen LogP contribution in [0.2, 0.25) is 0 Å². The number of carbonyl (C=O) groups is 4. The first kappa shape index (κ1) is 18.4. The molecule has 7 nitrogen and oxygen atoms in total. The SMILES string of the molecule is CC(OC(=O)c1ccc2c(c1)C(=O)N(C)C2=O)C(=O)N1CCc2sccc2C1. The average Bonchev–Trinajstić information content (AvgIpc) is 3.25. The Morgan fingerprint density at radius 2 is 1.89 bits per heavy atom. The zero-order chi connectivity index (χ0) is 20.0. The number of rotatable bonds is 3. The van der Waals surface area contributed by atoms with E-state index in [4.69, 9.17) is 4.74 Å². The Kier molecular flexibility index (Phi) is 4.50. The van der Waals surface area contributed by atoms with E-state index >= 15 is 0 Å². The van der Waals surface area contributed by atoms with Crippen LogP contribution in [-0.4, -0.2) is 53.2 Å². The molecule has 2 aliphatic heterocycles. The Bertz CT molecular complexity index is 1010. The summed E-state index contributed by atoms with van der Waals surface area (Å²) in [5.41, 5.74) is 1.69. The van der Waals surface area contributed by atoms with Gasteiger partial charge >= 0.3 is 5.97 Å². The van der Waals surface area contributed by atoms with Gasteiger partial charge in [0.15, 0.2) is 6.10 Å². The number of esters is 1. The summed E-state index contributed by atoms with van der Waals surface area (Å²) in [5, 5.41) is 2.01. The third-order valence-corrected chi connectivity index (χ3v) is 6.10. The summed E-state index contributed by atoms with van der Waals surface area (Å²) >= 11 is 1.69. The molecule has 1 atom stereocenters. The van der Waals surface area contributed by atoms with Crippen LogP contribution in [0, 0.1) is 0 Å². The van der Waals surface area contributed by atoms with Crippen molar-refractivity contribution >= 4 is 35.0 Å². The second-order valence-corrected chi connectivity index (χ2v) is 7.86. The molecule has 1 aromatic heterocycles. The molecule has 3 amide bonds. The summed E-state index contributed by atoms with van der Waals surface area (Å²) in [6, 6.07) is 6.22. The van der Waals surface area contributed by atoms with Gasteiger partial charge in [-0.05, 0) is 48.6 Å². The first-order chi connectivity index (χ1) is 13.4. The maximum absolute atomic E-state index is 12.7. The predicted octanol–water partition coefficient (Wildman–Crippen LogP) is 2.10.